The molecule has 16 heavy (non-hydrogen) atoms. The maximum atomic E-state index is 13.0. The molecular weight excluding hydrogens is 233 g/mol. The van der Waals surface area contributed by atoms with Crippen molar-refractivity contribution < 1.29 is 13.9 Å². The Hall–Kier alpha value is -1.13. The molecule has 1 aliphatic rings. The van der Waals surface area contributed by atoms with Gasteiger partial charge < -0.3 is 10.1 Å². The molecule has 0 bridgehead atoms. The highest BCUT2D eigenvalue weighted by Crippen LogP contribution is 2.18. The Morgan fingerprint density at radius 3 is 2.94 bits per heavy atom. The number of methoxy groups -OCH3 is 1. The number of benzene rings is 1. The summed E-state index contributed by atoms with van der Waals surface area (Å²) in [5.41, 5.74) is 1.92. The van der Waals surface area contributed by atoms with E-state index in [1.54, 1.807) is 6.07 Å². The fourth-order valence-corrected chi connectivity index (χ4v) is 1.79. The van der Waals surface area contributed by atoms with E-state index in [9.17, 15) is 9.18 Å². The molecule has 0 spiro atoms. The van der Waals surface area contributed by atoms with Gasteiger partial charge in [0.1, 0.15) is 11.9 Å². The van der Waals surface area contributed by atoms with Crippen LogP contribution in [0.5, 0.6) is 0 Å². The fourth-order valence-electron chi connectivity index (χ4n) is 1.79. The van der Waals surface area contributed by atoms with Crippen molar-refractivity contribution in [2.24, 2.45) is 0 Å². The quantitative estimate of drug-likeness (QED) is 0.761. The number of rotatable bonds is 1. The van der Waals surface area contributed by atoms with Crippen molar-refractivity contribution in [1.29, 1.82) is 0 Å². The Bertz CT molecular complexity index is 398. The van der Waals surface area contributed by atoms with Crippen LogP contribution < -0.4 is 5.32 Å². The first-order valence-corrected chi connectivity index (χ1v) is 4.79. The summed E-state index contributed by atoms with van der Waals surface area (Å²) in [7, 11) is 1.35. The minimum Gasteiger partial charge on any atom is -0.468 e. The zero-order valence-electron chi connectivity index (χ0n) is 8.83. The lowest BCUT2D eigenvalue weighted by molar-refractivity contribution is -0.143. The van der Waals surface area contributed by atoms with Crippen LogP contribution in [0.4, 0.5) is 4.39 Å². The third-order valence-corrected chi connectivity index (χ3v) is 2.62. The molecule has 1 aromatic carbocycles. The summed E-state index contributed by atoms with van der Waals surface area (Å²) in [5.74, 6) is -0.566. The summed E-state index contributed by atoms with van der Waals surface area (Å²) >= 11 is 0. The summed E-state index contributed by atoms with van der Waals surface area (Å²) in [6.07, 6.45) is 0.486. The number of halogens is 2. The second-order valence-corrected chi connectivity index (χ2v) is 3.57. The van der Waals surface area contributed by atoms with Gasteiger partial charge in [-0.25, -0.2) is 4.39 Å². The van der Waals surface area contributed by atoms with Gasteiger partial charge in [-0.1, -0.05) is 6.07 Å². The Labute approximate surface area is 99.4 Å². The molecule has 3 nitrogen and oxygen atoms in total. The van der Waals surface area contributed by atoms with Gasteiger partial charge in [-0.2, -0.15) is 0 Å². The molecule has 0 saturated carbocycles. The molecule has 0 amide bonds. The van der Waals surface area contributed by atoms with Crippen molar-refractivity contribution >= 4 is 18.4 Å². The standard InChI is InChI=1S/C11H12FNO2.ClH/c1-15-11(14)10-5-8-4-9(12)3-2-7(8)6-13-10;/h2-4,10,13H,5-6H2,1H3;1H. The Morgan fingerprint density at radius 1 is 1.50 bits per heavy atom. The van der Waals surface area contributed by atoms with Crippen LogP contribution in [0.15, 0.2) is 18.2 Å². The molecule has 0 fully saturated rings. The van der Waals surface area contributed by atoms with E-state index < -0.39 is 0 Å². The number of carbonyl (C=O) groups is 1. The molecule has 1 aliphatic heterocycles. The number of nitrogens with one attached hydrogen (secondary N) is 1. The molecule has 88 valence electrons. The molecule has 1 atom stereocenters. The largest absolute Gasteiger partial charge is 0.468 e. The molecule has 0 saturated heterocycles. The molecule has 0 aliphatic carbocycles. The van der Waals surface area contributed by atoms with Crippen molar-refractivity contribution in [2.75, 3.05) is 7.11 Å². The molecule has 5 heteroatoms. The predicted molar refractivity (Wildman–Crippen MR) is 60.0 cm³/mol. The number of hydrogen-bond acceptors (Lipinski definition) is 3. The van der Waals surface area contributed by atoms with E-state index in [1.807, 2.05) is 0 Å². The van der Waals surface area contributed by atoms with Gasteiger partial charge in [-0.05, 0) is 29.7 Å². The van der Waals surface area contributed by atoms with Crippen LogP contribution >= 0.6 is 12.4 Å². The molecule has 2 rings (SSSR count). The summed E-state index contributed by atoms with van der Waals surface area (Å²) < 4.78 is 17.6. The van der Waals surface area contributed by atoms with Gasteiger partial charge in [0.2, 0.25) is 0 Å². The third kappa shape index (κ3) is 2.51. The van der Waals surface area contributed by atoms with Crippen LogP contribution in [0.25, 0.3) is 0 Å². The summed E-state index contributed by atoms with van der Waals surface area (Å²) in [6, 6.07) is 4.29. The maximum Gasteiger partial charge on any atom is 0.323 e. The number of ether oxygens (including phenoxy) is 1. The Balaban J connectivity index is 0.00000128. The molecule has 1 aromatic rings. The van der Waals surface area contributed by atoms with Crippen LogP contribution in [0.1, 0.15) is 11.1 Å². The highest BCUT2D eigenvalue weighted by Gasteiger charge is 2.24. The lowest BCUT2D eigenvalue weighted by Gasteiger charge is -2.24. The average molecular weight is 246 g/mol. The van der Waals surface area contributed by atoms with Crippen molar-refractivity contribution in [3.05, 3.63) is 35.1 Å². The summed E-state index contributed by atoms with van der Waals surface area (Å²) in [4.78, 5) is 11.3. The first-order chi connectivity index (χ1) is 7.20. The summed E-state index contributed by atoms with van der Waals surface area (Å²) in [6.45, 7) is 0.579. The van der Waals surface area contributed by atoms with Gasteiger partial charge in [0.05, 0.1) is 7.11 Å². The third-order valence-electron chi connectivity index (χ3n) is 2.62. The number of carbonyl (C=O) groups excluding carboxylic acids is 1. The molecule has 1 heterocycles. The van der Waals surface area contributed by atoms with Crippen LogP contribution in [-0.4, -0.2) is 19.1 Å². The van der Waals surface area contributed by atoms with Gasteiger partial charge >= 0.3 is 5.97 Å². The van der Waals surface area contributed by atoms with E-state index in [2.05, 4.69) is 10.1 Å². The second kappa shape index (κ2) is 5.27. The van der Waals surface area contributed by atoms with Crippen LogP contribution in [0.3, 0.4) is 0 Å². The van der Waals surface area contributed by atoms with Crippen molar-refractivity contribution in [1.82, 2.24) is 5.32 Å². The number of hydrogen-bond donors (Lipinski definition) is 1. The average Bonchev–Trinajstić information content (AvgIpc) is 2.27. The zero-order chi connectivity index (χ0) is 10.8. The van der Waals surface area contributed by atoms with Crippen molar-refractivity contribution in [3.8, 4) is 0 Å². The van der Waals surface area contributed by atoms with Gasteiger partial charge in [-0.15, -0.1) is 12.4 Å². The van der Waals surface area contributed by atoms with E-state index in [0.717, 1.165) is 11.1 Å². The smallest absolute Gasteiger partial charge is 0.323 e. The minimum atomic E-state index is -0.357. The van der Waals surface area contributed by atoms with Gasteiger partial charge in [-0.3, -0.25) is 4.79 Å². The molecular formula is C11H13ClFNO2. The molecule has 1 N–H and O–H groups in total. The number of fused-ring (bicyclic) bond motifs is 1. The molecule has 0 radical (unpaired) electrons. The van der Waals surface area contributed by atoms with Crippen molar-refractivity contribution in [3.63, 3.8) is 0 Å². The molecule has 0 aromatic heterocycles. The van der Waals surface area contributed by atoms with Crippen LogP contribution in [0, 0.1) is 5.82 Å². The SMILES string of the molecule is COC(=O)C1Cc2cc(F)ccc2CN1.Cl. The molecule has 1 unspecified atom stereocenters. The Morgan fingerprint density at radius 2 is 2.25 bits per heavy atom. The maximum absolute atomic E-state index is 13.0. The monoisotopic (exact) mass is 245 g/mol. The van der Waals surface area contributed by atoms with E-state index in [1.165, 1.54) is 19.2 Å². The van der Waals surface area contributed by atoms with E-state index in [4.69, 9.17) is 0 Å². The fraction of sp³-hybridized carbons (Fsp3) is 0.364. The van der Waals surface area contributed by atoms with E-state index >= 15 is 0 Å². The van der Waals surface area contributed by atoms with E-state index in [-0.39, 0.29) is 30.2 Å². The number of esters is 1. The first kappa shape index (κ1) is 12.9. The van der Waals surface area contributed by atoms with Crippen LogP contribution in [0.2, 0.25) is 0 Å². The lowest BCUT2D eigenvalue weighted by Crippen LogP contribution is -2.42. The second-order valence-electron chi connectivity index (χ2n) is 3.57. The Kier molecular flexibility index (Phi) is 4.26. The van der Waals surface area contributed by atoms with Gasteiger partial charge in [0, 0.05) is 6.54 Å². The highest BCUT2D eigenvalue weighted by atomic mass is 35.5. The normalized spacial score (nSPS) is 18.2. The zero-order valence-corrected chi connectivity index (χ0v) is 9.64. The summed E-state index contributed by atoms with van der Waals surface area (Å²) in [5, 5.41) is 3.05. The minimum absolute atomic E-state index is 0. The lowest BCUT2D eigenvalue weighted by atomic mass is 9.96. The first-order valence-electron chi connectivity index (χ1n) is 4.79. The van der Waals surface area contributed by atoms with Gasteiger partial charge in [0.15, 0.2) is 0 Å². The van der Waals surface area contributed by atoms with Crippen LogP contribution in [-0.2, 0) is 22.5 Å². The van der Waals surface area contributed by atoms with Crippen molar-refractivity contribution in [2.45, 2.75) is 19.0 Å². The topological polar surface area (TPSA) is 38.3 Å². The highest BCUT2D eigenvalue weighted by molar-refractivity contribution is 5.85. The van der Waals surface area contributed by atoms with Gasteiger partial charge in [0.25, 0.3) is 0 Å². The predicted octanol–water partition coefficient (Wildman–Crippen LogP) is 1.43. The van der Waals surface area contributed by atoms with E-state index in [0.29, 0.717) is 13.0 Å².